The van der Waals surface area contributed by atoms with E-state index in [0.717, 1.165) is 0 Å². The fourth-order valence-corrected chi connectivity index (χ4v) is 12.2. The highest BCUT2D eigenvalue weighted by molar-refractivity contribution is 5.32. The summed E-state index contributed by atoms with van der Waals surface area (Å²) in [5.74, 6) is 0. The molecule has 454 valence electrons. The maximum Gasteiger partial charge on any atom is 0.0333 e. The highest BCUT2D eigenvalue weighted by atomic mass is 14.4. The van der Waals surface area contributed by atoms with Crippen molar-refractivity contribution >= 4 is 0 Å². The summed E-state index contributed by atoms with van der Waals surface area (Å²) in [5, 5.41) is 0. The van der Waals surface area contributed by atoms with Crippen LogP contribution in [0.2, 0.25) is 0 Å². The van der Waals surface area contributed by atoms with Crippen LogP contribution in [0.25, 0.3) is 0 Å². The lowest BCUT2D eigenvalue weighted by Gasteiger charge is -2.43. The van der Waals surface area contributed by atoms with E-state index in [1.165, 1.54) is 379 Å². The molecule has 0 fully saturated rings. The van der Waals surface area contributed by atoms with Crippen LogP contribution in [0, 0.1) is 10.8 Å². The van der Waals surface area contributed by atoms with Crippen LogP contribution in [0.4, 0.5) is 0 Å². The molecule has 2 atom stereocenters. The Morgan fingerprint density at radius 1 is 0.195 bits per heavy atom. The Kier molecular flexibility index (Phi) is 62.8. The van der Waals surface area contributed by atoms with Crippen molar-refractivity contribution in [1.82, 2.24) is 0 Å². The zero-order valence-corrected chi connectivity index (χ0v) is 54.5. The molecule has 0 aromatic heterocycles. The van der Waals surface area contributed by atoms with Gasteiger partial charge in [-0.05, 0) is 57.8 Å². The molecule has 0 aromatic rings. The third-order valence-corrected chi connectivity index (χ3v) is 17.8. The highest BCUT2D eigenvalue weighted by Gasteiger charge is 2.40. The van der Waals surface area contributed by atoms with Crippen LogP contribution >= 0.6 is 0 Å². The molecule has 0 saturated heterocycles. The molecule has 0 rings (SSSR count). The standard InChI is InChI=1S/C77H146/c1-7-12-17-22-27-32-37-42-44-49-54-59-64-69-74-77(73-68-63-58-53-48-41-36-31-26-21-16-11-5,75-70-65-60-55-50-45-43-38-33-28-23-18-13-8-2)76(6,71-66-61-56-51-46-39-34-29-24-19-14-9-3)72-67-62-57-52-47-40-35-30-25-20-15-10-4/h59,64,66,68-71,73-75H,7-58,60-63,65,67,72H2,1-6H3. The summed E-state index contributed by atoms with van der Waals surface area (Å²) in [4.78, 5) is 0. The maximum atomic E-state index is 2.76. The summed E-state index contributed by atoms with van der Waals surface area (Å²) in [7, 11) is 0. The molecule has 0 spiro atoms. The van der Waals surface area contributed by atoms with Crippen LogP contribution in [0.3, 0.4) is 0 Å². The highest BCUT2D eigenvalue weighted by Crippen LogP contribution is 2.49. The van der Waals surface area contributed by atoms with E-state index >= 15 is 0 Å². The minimum Gasteiger partial charge on any atom is -0.0879 e. The van der Waals surface area contributed by atoms with Gasteiger partial charge >= 0.3 is 0 Å². The van der Waals surface area contributed by atoms with Crippen molar-refractivity contribution in [1.29, 1.82) is 0 Å². The first kappa shape index (κ1) is 75.7. The molecule has 0 heteroatoms. The molecule has 0 saturated carbocycles. The molecular weight excluding hydrogens is 925 g/mol. The van der Waals surface area contributed by atoms with Crippen LogP contribution in [0.1, 0.15) is 420 Å². The van der Waals surface area contributed by atoms with Crippen molar-refractivity contribution in [2.24, 2.45) is 10.8 Å². The molecule has 0 radical (unpaired) electrons. The molecular formula is C77H146. The Labute approximate surface area is 489 Å². The zero-order valence-electron chi connectivity index (χ0n) is 54.5. The van der Waals surface area contributed by atoms with Gasteiger partial charge < -0.3 is 0 Å². The average molecular weight is 1070 g/mol. The second kappa shape index (κ2) is 63.9. The normalized spacial score (nSPS) is 14.0. The lowest BCUT2D eigenvalue weighted by Crippen LogP contribution is -2.34. The number of unbranched alkanes of at least 4 members (excludes halogenated alkanes) is 53. The predicted octanol–water partition coefficient (Wildman–Crippen LogP) is 28.9. The molecule has 0 aliphatic rings. The van der Waals surface area contributed by atoms with Gasteiger partial charge in [-0.15, -0.1) is 0 Å². The Bertz CT molecular complexity index is 1240. The lowest BCUT2D eigenvalue weighted by molar-refractivity contribution is 0.244. The van der Waals surface area contributed by atoms with Gasteiger partial charge in [0, 0.05) is 10.8 Å². The number of hydrogen-bond donors (Lipinski definition) is 0. The van der Waals surface area contributed by atoms with E-state index in [1.807, 2.05) is 0 Å². The Morgan fingerprint density at radius 2 is 0.403 bits per heavy atom. The second-order valence-electron chi connectivity index (χ2n) is 25.6. The Hall–Kier alpha value is -1.30. The molecule has 77 heavy (non-hydrogen) atoms. The average Bonchev–Trinajstić information content (AvgIpc) is 3.43. The number of rotatable bonds is 65. The van der Waals surface area contributed by atoms with Gasteiger partial charge in [0.15, 0.2) is 0 Å². The van der Waals surface area contributed by atoms with Crippen molar-refractivity contribution in [2.75, 3.05) is 0 Å². The van der Waals surface area contributed by atoms with Crippen LogP contribution in [-0.2, 0) is 0 Å². The van der Waals surface area contributed by atoms with Crippen LogP contribution in [-0.4, -0.2) is 0 Å². The molecule has 0 amide bonds. The van der Waals surface area contributed by atoms with E-state index in [9.17, 15) is 0 Å². The SMILES string of the molecule is CCCCCCCCCCCCC=CC=CC(C=CCCCCCCCCCCCC)(C=CCCCCCCCCCCCCCC)C(C)(C=CCCCCCCCCCCCC)CCCCCCCCCCCCCC. The van der Waals surface area contributed by atoms with Crippen LogP contribution in [0.15, 0.2) is 60.8 Å². The fraction of sp³-hybridized carbons (Fsp3) is 0.870. The Balaban J connectivity index is 6.38. The van der Waals surface area contributed by atoms with E-state index in [0.29, 0.717) is 0 Å². The van der Waals surface area contributed by atoms with Crippen molar-refractivity contribution in [2.45, 2.75) is 420 Å². The second-order valence-corrected chi connectivity index (χ2v) is 25.6. The fourth-order valence-electron chi connectivity index (χ4n) is 12.2. The smallest absolute Gasteiger partial charge is 0.0333 e. The first-order chi connectivity index (χ1) is 38.1. The summed E-state index contributed by atoms with van der Waals surface area (Å²) < 4.78 is 0. The largest absolute Gasteiger partial charge is 0.0879 e. The molecule has 0 N–H and O–H groups in total. The molecule has 0 bridgehead atoms. The minimum atomic E-state index is -0.129. The quantitative estimate of drug-likeness (QED) is 0.0323. The van der Waals surface area contributed by atoms with E-state index in [1.54, 1.807) is 0 Å². The van der Waals surface area contributed by atoms with Crippen molar-refractivity contribution in [3.8, 4) is 0 Å². The van der Waals surface area contributed by atoms with Crippen molar-refractivity contribution in [3.05, 3.63) is 60.8 Å². The van der Waals surface area contributed by atoms with Gasteiger partial charge in [0.2, 0.25) is 0 Å². The molecule has 0 aromatic carbocycles. The molecule has 0 aliphatic heterocycles. The van der Waals surface area contributed by atoms with Gasteiger partial charge in [-0.25, -0.2) is 0 Å². The molecule has 0 aliphatic carbocycles. The first-order valence-electron chi connectivity index (χ1n) is 36.4. The molecule has 2 unspecified atom stereocenters. The van der Waals surface area contributed by atoms with Crippen molar-refractivity contribution < 1.29 is 0 Å². The van der Waals surface area contributed by atoms with E-state index in [2.05, 4.69) is 102 Å². The third kappa shape index (κ3) is 52.5. The topological polar surface area (TPSA) is 0 Å². The number of allylic oxidation sites excluding steroid dienone is 10. The molecule has 0 heterocycles. The van der Waals surface area contributed by atoms with E-state index < -0.39 is 0 Å². The monoisotopic (exact) mass is 1070 g/mol. The van der Waals surface area contributed by atoms with E-state index in [4.69, 9.17) is 0 Å². The summed E-state index contributed by atoms with van der Waals surface area (Å²) in [6.07, 6.45) is 109. The summed E-state index contributed by atoms with van der Waals surface area (Å²) in [6, 6.07) is 0. The lowest BCUT2D eigenvalue weighted by atomic mass is 9.60. The van der Waals surface area contributed by atoms with Gasteiger partial charge in [-0.3, -0.25) is 0 Å². The zero-order chi connectivity index (χ0) is 55.8. The summed E-state index contributed by atoms with van der Waals surface area (Å²) in [6.45, 7) is 14.3. The summed E-state index contributed by atoms with van der Waals surface area (Å²) in [5.41, 5.74) is -0.0949. The predicted molar refractivity (Wildman–Crippen MR) is 357 cm³/mol. The van der Waals surface area contributed by atoms with Gasteiger partial charge in [0.05, 0.1) is 0 Å². The van der Waals surface area contributed by atoms with E-state index in [-0.39, 0.29) is 10.8 Å². The first-order valence-corrected chi connectivity index (χ1v) is 36.4. The van der Waals surface area contributed by atoms with Gasteiger partial charge in [-0.2, -0.15) is 0 Å². The Morgan fingerprint density at radius 3 is 0.662 bits per heavy atom. The number of hydrogen-bond acceptors (Lipinski definition) is 0. The van der Waals surface area contributed by atoms with Crippen LogP contribution in [0.5, 0.6) is 0 Å². The summed E-state index contributed by atoms with van der Waals surface area (Å²) >= 11 is 0. The van der Waals surface area contributed by atoms with Gasteiger partial charge in [0.25, 0.3) is 0 Å². The van der Waals surface area contributed by atoms with Crippen LogP contribution < -0.4 is 0 Å². The molecule has 0 nitrogen and oxygen atoms in total. The van der Waals surface area contributed by atoms with Gasteiger partial charge in [0.1, 0.15) is 0 Å². The third-order valence-electron chi connectivity index (χ3n) is 17.8. The van der Waals surface area contributed by atoms with Gasteiger partial charge in [-0.1, -0.05) is 423 Å². The minimum absolute atomic E-state index is 0.0339. The maximum absolute atomic E-state index is 2.76. The van der Waals surface area contributed by atoms with Crippen molar-refractivity contribution in [3.63, 3.8) is 0 Å².